The fourth-order valence-electron chi connectivity index (χ4n) is 1.35. The van der Waals surface area contributed by atoms with Gasteiger partial charge in [0.05, 0.1) is 14.9 Å². The lowest BCUT2D eigenvalue weighted by Gasteiger charge is -2.15. The maximum absolute atomic E-state index is 12.2. The van der Waals surface area contributed by atoms with Crippen molar-refractivity contribution in [2.75, 3.05) is 5.32 Å². The molecule has 1 aromatic carbocycles. The van der Waals surface area contributed by atoms with Crippen molar-refractivity contribution in [1.29, 1.82) is 0 Å². The van der Waals surface area contributed by atoms with E-state index in [2.05, 4.69) is 26.0 Å². The molecule has 1 atom stereocenters. The third-order valence-corrected chi connectivity index (χ3v) is 4.34. The van der Waals surface area contributed by atoms with Crippen LogP contribution in [0.25, 0.3) is 0 Å². The fourth-order valence-corrected chi connectivity index (χ4v) is 2.04. The predicted molar refractivity (Wildman–Crippen MR) is 79.3 cm³/mol. The van der Waals surface area contributed by atoms with E-state index in [9.17, 15) is 13.6 Å². The Labute approximate surface area is 133 Å². The number of alkyl halides is 3. The number of benzene rings is 1. The highest BCUT2D eigenvalue weighted by Crippen LogP contribution is 2.37. The highest BCUT2D eigenvalue weighted by atomic mass is 79.9. The third-order valence-electron chi connectivity index (χ3n) is 2.31. The number of hydrogen-bond donors (Lipinski definition) is 1. The van der Waals surface area contributed by atoms with Crippen LogP contribution in [0.4, 0.5) is 14.5 Å². The summed E-state index contributed by atoms with van der Waals surface area (Å²) in [6.07, 6.45) is 0. The molecular formula is C12H12BrCl2F2NO2. The van der Waals surface area contributed by atoms with E-state index in [-0.39, 0.29) is 27.6 Å². The fraction of sp³-hybridized carbons (Fsp3) is 0.417. The molecule has 112 valence electrons. The number of rotatable bonds is 5. The Morgan fingerprint density at radius 3 is 2.20 bits per heavy atom. The molecule has 1 rings (SSSR count). The van der Waals surface area contributed by atoms with Gasteiger partial charge in [-0.25, -0.2) is 0 Å². The molecule has 0 radical (unpaired) electrons. The number of amides is 1. The molecule has 8 heteroatoms. The van der Waals surface area contributed by atoms with Crippen LogP contribution in [0.15, 0.2) is 12.1 Å². The van der Waals surface area contributed by atoms with Crippen molar-refractivity contribution in [3.05, 3.63) is 22.2 Å². The standard InChI is InChI=1S/C12H12BrCl2F2NO2/c1-5(2)9(13)11(19)18-6-3-7(14)10(8(15)4-6)20-12(16)17/h3-5,9,12H,1-2H3,(H,18,19). The van der Waals surface area contributed by atoms with Crippen molar-refractivity contribution in [3.63, 3.8) is 0 Å². The number of halogens is 5. The van der Waals surface area contributed by atoms with Gasteiger partial charge in [0.25, 0.3) is 0 Å². The van der Waals surface area contributed by atoms with E-state index in [0.717, 1.165) is 0 Å². The van der Waals surface area contributed by atoms with Gasteiger partial charge < -0.3 is 10.1 Å². The molecule has 0 aromatic heterocycles. The highest BCUT2D eigenvalue weighted by Gasteiger charge is 2.20. The molecule has 0 saturated carbocycles. The molecule has 0 heterocycles. The molecule has 0 saturated heterocycles. The minimum atomic E-state index is -3.03. The molecule has 0 spiro atoms. The Kier molecular flexibility index (Phi) is 6.48. The molecule has 0 aliphatic rings. The first-order chi connectivity index (χ1) is 9.22. The second kappa shape index (κ2) is 7.43. The first kappa shape index (κ1) is 17.5. The minimum absolute atomic E-state index is 0.0855. The monoisotopic (exact) mass is 389 g/mol. The van der Waals surface area contributed by atoms with Crippen LogP contribution in [-0.2, 0) is 4.79 Å². The van der Waals surface area contributed by atoms with E-state index in [4.69, 9.17) is 23.2 Å². The number of carbonyl (C=O) groups excluding carboxylic acids is 1. The van der Waals surface area contributed by atoms with Crippen molar-refractivity contribution in [1.82, 2.24) is 0 Å². The molecule has 0 aliphatic carbocycles. The topological polar surface area (TPSA) is 38.3 Å². The summed E-state index contributed by atoms with van der Waals surface area (Å²) in [5.74, 6) is -0.516. The van der Waals surface area contributed by atoms with Crippen molar-refractivity contribution >= 4 is 50.7 Å². The second-order valence-corrected chi connectivity index (χ2v) is 6.08. The zero-order chi connectivity index (χ0) is 15.4. The number of anilines is 1. The molecule has 1 amide bonds. The van der Waals surface area contributed by atoms with Gasteiger partial charge in [0.2, 0.25) is 5.91 Å². The average molecular weight is 391 g/mol. The van der Waals surface area contributed by atoms with Gasteiger partial charge in [-0.3, -0.25) is 4.79 Å². The van der Waals surface area contributed by atoms with E-state index < -0.39 is 11.4 Å². The van der Waals surface area contributed by atoms with Crippen LogP contribution in [0, 0.1) is 5.92 Å². The van der Waals surface area contributed by atoms with E-state index >= 15 is 0 Å². The Hall–Kier alpha value is -0.590. The van der Waals surface area contributed by atoms with Crippen LogP contribution >= 0.6 is 39.1 Å². The van der Waals surface area contributed by atoms with Crippen molar-refractivity contribution in [2.24, 2.45) is 5.92 Å². The number of carbonyl (C=O) groups is 1. The Bertz CT molecular complexity index is 477. The van der Waals surface area contributed by atoms with Crippen molar-refractivity contribution in [2.45, 2.75) is 25.3 Å². The van der Waals surface area contributed by atoms with Crippen LogP contribution in [0.3, 0.4) is 0 Å². The molecule has 0 fully saturated rings. The van der Waals surface area contributed by atoms with Crippen LogP contribution in [0.2, 0.25) is 10.0 Å². The second-order valence-electron chi connectivity index (χ2n) is 4.28. The quantitative estimate of drug-likeness (QED) is 0.722. The molecular weight excluding hydrogens is 379 g/mol. The summed E-state index contributed by atoms with van der Waals surface area (Å²) < 4.78 is 28.5. The number of nitrogens with one attached hydrogen (secondary N) is 1. The zero-order valence-electron chi connectivity index (χ0n) is 10.6. The maximum atomic E-state index is 12.2. The Morgan fingerprint density at radius 2 is 1.80 bits per heavy atom. The van der Waals surface area contributed by atoms with Gasteiger partial charge in [-0.1, -0.05) is 53.0 Å². The molecule has 3 nitrogen and oxygen atoms in total. The van der Waals surface area contributed by atoms with Gasteiger partial charge in [-0.15, -0.1) is 0 Å². The molecule has 0 aliphatic heterocycles. The molecule has 1 N–H and O–H groups in total. The smallest absolute Gasteiger partial charge is 0.387 e. The highest BCUT2D eigenvalue weighted by molar-refractivity contribution is 9.10. The summed E-state index contributed by atoms with van der Waals surface area (Å²) in [6.45, 7) is 0.718. The zero-order valence-corrected chi connectivity index (χ0v) is 13.7. The Balaban J connectivity index is 2.91. The largest absolute Gasteiger partial charge is 0.432 e. The van der Waals surface area contributed by atoms with Gasteiger partial charge in [0.15, 0.2) is 5.75 Å². The summed E-state index contributed by atoms with van der Waals surface area (Å²) in [5.41, 5.74) is 0.303. The lowest BCUT2D eigenvalue weighted by molar-refractivity contribution is -0.116. The van der Waals surface area contributed by atoms with Gasteiger partial charge >= 0.3 is 6.61 Å². The number of ether oxygens (including phenoxy) is 1. The lowest BCUT2D eigenvalue weighted by atomic mass is 10.1. The van der Waals surface area contributed by atoms with Crippen LogP contribution < -0.4 is 10.1 Å². The molecule has 1 aromatic rings. The summed E-state index contributed by atoms with van der Waals surface area (Å²) in [6, 6.07) is 2.59. The number of hydrogen-bond acceptors (Lipinski definition) is 2. The van der Waals surface area contributed by atoms with Crippen molar-refractivity contribution in [3.8, 4) is 5.75 Å². The summed E-state index contributed by atoms with van der Waals surface area (Å²) in [7, 11) is 0. The lowest BCUT2D eigenvalue weighted by Crippen LogP contribution is -2.27. The van der Waals surface area contributed by atoms with Gasteiger partial charge in [0.1, 0.15) is 0 Å². The summed E-state index contributed by atoms with van der Waals surface area (Å²) in [4.78, 5) is 11.5. The minimum Gasteiger partial charge on any atom is -0.432 e. The van der Waals surface area contributed by atoms with Crippen molar-refractivity contribution < 1.29 is 18.3 Å². The first-order valence-electron chi connectivity index (χ1n) is 5.61. The van der Waals surface area contributed by atoms with Gasteiger partial charge in [-0.05, 0) is 18.1 Å². The van der Waals surface area contributed by atoms with E-state index in [1.807, 2.05) is 13.8 Å². The van der Waals surface area contributed by atoms with E-state index in [0.29, 0.717) is 5.69 Å². The molecule has 1 unspecified atom stereocenters. The van der Waals surface area contributed by atoms with Gasteiger partial charge in [-0.2, -0.15) is 8.78 Å². The maximum Gasteiger partial charge on any atom is 0.387 e. The van der Waals surface area contributed by atoms with E-state index in [1.165, 1.54) is 12.1 Å². The average Bonchev–Trinajstić information content (AvgIpc) is 2.32. The molecule has 20 heavy (non-hydrogen) atoms. The van der Waals surface area contributed by atoms with Crippen LogP contribution in [0.5, 0.6) is 5.75 Å². The third kappa shape index (κ3) is 4.75. The molecule has 0 bridgehead atoms. The SMILES string of the molecule is CC(C)C(Br)C(=O)Nc1cc(Cl)c(OC(F)F)c(Cl)c1. The van der Waals surface area contributed by atoms with Gasteiger partial charge in [0, 0.05) is 5.69 Å². The summed E-state index contributed by atoms with van der Waals surface area (Å²) >= 11 is 14.8. The van der Waals surface area contributed by atoms with Crippen LogP contribution in [-0.4, -0.2) is 17.3 Å². The first-order valence-corrected chi connectivity index (χ1v) is 7.28. The Morgan fingerprint density at radius 1 is 1.30 bits per heavy atom. The summed E-state index contributed by atoms with van der Waals surface area (Å²) in [5, 5.41) is 2.37. The van der Waals surface area contributed by atoms with E-state index in [1.54, 1.807) is 0 Å². The predicted octanol–water partition coefficient (Wildman–Crippen LogP) is 4.95. The van der Waals surface area contributed by atoms with Crippen LogP contribution in [0.1, 0.15) is 13.8 Å². The normalized spacial score (nSPS) is 12.7.